The van der Waals surface area contributed by atoms with E-state index in [9.17, 15) is 4.79 Å². The highest BCUT2D eigenvalue weighted by Crippen LogP contribution is 2.23. The van der Waals surface area contributed by atoms with E-state index in [2.05, 4.69) is 4.90 Å². The summed E-state index contributed by atoms with van der Waals surface area (Å²) in [5.74, 6) is -1.000. The van der Waals surface area contributed by atoms with Gasteiger partial charge in [0.15, 0.2) is 0 Å². The lowest BCUT2D eigenvalue weighted by atomic mass is 10.2. The smallest absolute Gasteiger partial charge is 0.337 e. The van der Waals surface area contributed by atoms with E-state index in [4.69, 9.17) is 21.4 Å². The summed E-state index contributed by atoms with van der Waals surface area (Å²) >= 11 is 5.81. The van der Waals surface area contributed by atoms with Gasteiger partial charge in [0, 0.05) is 18.8 Å². The fourth-order valence-corrected chi connectivity index (χ4v) is 1.89. The Kier molecular flexibility index (Phi) is 3.31. The second-order valence-corrected chi connectivity index (χ2v) is 3.98. The largest absolute Gasteiger partial charge is 0.478 e. The molecule has 1 aliphatic heterocycles. The Balaban J connectivity index is 2.27. The molecule has 0 atom stereocenters. The number of hydrogen-bond donors (Lipinski definition) is 1. The molecule has 1 aromatic rings. The summed E-state index contributed by atoms with van der Waals surface area (Å²) in [4.78, 5) is 13.0. The van der Waals surface area contributed by atoms with Gasteiger partial charge in [0.25, 0.3) is 0 Å². The number of anilines is 1. The Morgan fingerprint density at radius 2 is 2.06 bits per heavy atom. The van der Waals surface area contributed by atoms with Crippen LogP contribution in [0.25, 0.3) is 0 Å². The van der Waals surface area contributed by atoms with E-state index < -0.39 is 5.97 Å². The van der Waals surface area contributed by atoms with E-state index in [0.717, 1.165) is 18.8 Å². The number of aromatic carboxylic acids is 1. The second-order valence-electron chi connectivity index (χ2n) is 3.57. The van der Waals surface area contributed by atoms with Crippen LogP contribution in [0.4, 0.5) is 5.69 Å². The van der Waals surface area contributed by atoms with Crippen LogP contribution >= 0.6 is 11.6 Å². The van der Waals surface area contributed by atoms with Gasteiger partial charge in [0.2, 0.25) is 0 Å². The molecule has 4 nitrogen and oxygen atoms in total. The van der Waals surface area contributed by atoms with Crippen LogP contribution < -0.4 is 4.90 Å². The standard InChI is InChI=1S/C11H12ClNO3/c12-10-2-1-8(7-9(10)11(14)15)13-3-5-16-6-4-13/h1-2,7H,3-6H2,(H,14,15). The third-order valence-corrected chi connectivity index (χ3v) is 2.89. The molecule has 0 radical (unpaired) electrons. The monoisotopic (exact) mass is 241 g/mol. The zero-order chi connectivity index (χ0) is 11.5. The first kappa shape index (κ1) is 11.2. The van der Waals surface area contributed by atoms with Crippen molar-refractivity contribution >= 4 is 23.3 Å². The van der Waals surface area contributed by atoms with Crippen molar-refractivity contribution in [3.8, 4) is 0 Å². The van der Waals surface area contributed by atoms with Gasteiger partial charge in [-0.2, -0.15) is 0 Å². The number of ether oxygens (including phenoxy) is 1. The maximum atomic E-state index is 10.9. The third-order valence-electron chi connectivity index (χ3n) is 2.56. The highest BCUT2D eigenvalue weighted by molar-refractivity contribution is 6.33. The van der Waals surface area contributed by atoms with Crippen LogP contribution in [-0.4, -0.2) is 37.4 Å². The summed E-state index contributed by atoms with van der Waals surface area (Å²) in [5.41, 5.74) is 1.02. The molecule has 1 N–H and O–H groups in total. The summed E-state index contributed by atoms with van der Waals surface area (Å²) in [6.45, 7) is 2.90. The van der Waals surface area contributed by atoms with Crippen LogP contribution in [0.3, 0.4) is 0 Å². The quantitative estimate of drug-likeness (QED) is 0.859. The number of nitrogens with zero attached hydrogens (tertiary/aromatic N) is 1. The lowest BCUT2D eigenvalue weighted by Crippen LogP contribution is -2.36. The molecular weight excluding hydrogens is 230 g/mol. The van der Waals surface area contributed by atoms with E-state index in [1.54, 1.807) is 12.1 Å². The van der Waals surface area contributed by atoms with Crippen molar-refractivity contribution in [1.29, 1.82) is 0 Å². The topological polar surface area (TPSA) is 49.8 Å². The van der Waals surface area contributed by atoms with Gasteiger partial charge in [0.1, 0.15) is 0 Å². The average Bonchev–Trinajstić information content (AvgIpc) is 2.30. The van der Waals surface area contributed by atoms with E-state index in [0.29, 0.717) is 13.2 Å². The van der Waals surface area contributed by atoms with Crippen molar-refractivity contribution in [3.63, 3.8) is 0 Å². The first-order valence-corrected chi connectivity index (χ1v) is 5.42. The molecule has 0 unspecified atom stereocenters. The van der Waals surface area contributed by atoms with Crippen LogP contribution in [0.1, 0.15) is 10.4 Å². The van der Waals surface area contributed by atoms with Gasteiger partial charge in [-0.15, -0.1) is 0 Å². The van der Waals surface area contributed by atoms with Crippen LogP contribution in [0.15, 0.2) is 18.2 Å². The number of hydrogen-bond acceptors (Lipinski definition) is 3. The van der Waals surface area contributed by atoms with Crippen molar-refractivity contribution in [2.24, 2.45) is 0 Å². The Morgan fingerprint density at radius 1 is 1.38 bits per heavy atom. The molecule has 1 fully saturated rings. The van der Waals surface area contributed by atoms with E-state index >= 15 is 0 Å². The second kappa shape index (κ2) is 4.72. The first-order chi connectivity index (χ1) is 7.68. The van der Waals surface area contributed by atoms with Gasteiger partial charge >= 0.3 is 5.97 Å². The number of benzene rings is 1. The molecule has 0 aliphatic carbocycles. The van der Waals surface area contributed by atoms with Crippen LogP contribution in [0.2, 0.25) is 5.02 Å². The summed E-state index contributed by atoms with van der Waals surface area (Å²) in [7, 11) is 0. The van der Waals surface area contributed by atoms with Gasteiger partial charge in [-0.1, -0.05) is 11.6 Å². The van der Waals surface area contributed by atoms with Gasteiger partial charge in [0.05, 0.1) is 23.8 Å². The average molecular weight is 242 g/mol. The van der Waals surface area contributed by atoms with Gasteiger partial charge in [-0.3, -0.25) is 0 Å². The molecule has 0 amide bonds. The molecule has 1 aliphatic rings. The van der Waals surface area contributed by atoms with Gasteiger partial charge in [-0.25, -0.2) is 4.79 Å². The van der Waals surface area contributed by atoms with Crippen LogP contribution in [0, 0.1) is 0 Å². The minimum Gasteiger partial charge on any atom is -0.478 e. The fourth-order valence-electron chi connectivity index (χ4n) is 1.70. The molecule has 0 aromatic heterocycles. The van der Waals surface area contributed by atoms with E-state index in [-0.39, 0.29) is 10.6 Å². The summed E-state index contributed by atoms with van der Waals surface area (Å²) in [6.07, 6.45) is 0. The number of rotatable bonds is 2. The van der Waals surface area contributed by atoms with Crippen molar-refractivity contribution < 1.29 is 14.6 Å². The van der Waals surface area contributed by atoms with Crippen molar-refractivity contribution in [2.45, 2.75) is 0 Å². The SMILES string of the molecule is O=C(O)c1cc(N2CCOCC2)ccc1Cl. The van der Waals surface area contributed by atoms with Crippen molar-refractivity contribution in [3.05, 3.63) is 28.8 Å². The predicted octanol–water partition coefficient (Wildman–Crippen LogP) is 1.87. The molecule has 0 saturated carbocycles. The molecule has 1 heterocycles. The highest BCUT2D eigenvalue weighted by Gasteiger charge is 2.15. The summed E-state index contributed by atoms with van der Waals surface area (Å²) in [5, 5.41) is 9.23. The summed E-state index contributed by atoms with van der Waals surface area (Å²) in [6, 6.07) is 5.06. The Morgan fingerprint density at radius 3 is 2.69 bits per heavy atom. The number of carboxylic acid groups (broad SMARTS) is 1. The van der Waals surface area contributed by atoms with Gasteiger partial charge < -0.3 is 14.7 Å². The zero-order valence-electron chi connectivity index (χ0n) is 8.65. The third kappa shape index (κ3) is 2.28. The van der Waals surface area contributed by atoms with Crippen molar-refractivity contribution in [2.75, 3.05) is 31.2 Å². The number of carboxylic acids is 1. The molecule has 16 heavy (non-hydrogen) atoms. The Hall–Kier alpha value is -1.26. The zero-order valence-corrected chi connectivity index (χ0v) is 9.41. The Labute approximate surface area is 98.4 Å². The summed E-state index contributed by atoms with van der Waals surface area (Å²) < 4.78 is 5.24. The van der Waals surface area contributed by atoms with Crippen LogP contribution in [-0.2, 0) is 4.74 Å². The highest BCUT2D eigenvalue weighted by atomic mass is 35.5. The first-order valence-electron chi connectivity index (χ1n) is 5.04. The molecule has 1 aromatic carbocycles. The molecule has 1 saturated heterocycles. The number of carbonyl (C=O) groups is 1. The normalized spacial score (nSPS) is 16.2. The van der Waals surface area contributed by atoms with E-state index in [1.165, 1.54) is 0 Å². The predicted molar refractivity (Wildman–Crippen MR) is 61.4 cm³/mol. The van der Waals surface area contributed by atoms with Crippen LogP contribution in [0.5, 0.6) is 0 Å². The lowest BCUT2D eigenvalue weighted by molar-refractivity contribution is 0.0697. The molecule has 0 spiro atoms. The van der Waals surface area contributed by atoms with Gasteiger partial charge in [-0.05, 0) is 18.2 Å². The fraction of sp³-hybridized carbons (Fsp3) is 0.364. The molecule has 5 heteroatoms. The van der Waals surface area contributed by atoms with E-state index in [1.807, 2.05) is 6.07 Å². The maximum Gasteiger partial charge on any atom is 0.337 e. The number of halogens is 1. The lowest BCUT2D eigenvalue weighted by Gasteiger charge is -2.29. The minimum atomic E-state index is -1.000. The van der Waals surface area contributed by atoms with Crippen molar-refractivity contribution in [1.82, 2.24) is 0 Å². The molecule has 86 valence electrons. The Bertz CT molecular complexity index is 402. The molecular formula is C11H12ClNO3. The maximum absolute atomic E-state index is 10.9. The minimum absolute atomic E-state index is 0.144. The molecule has 2 rings (SSSR count). The number of morpholine rings is 1. The molecule has 0 bridgehead atoms.